The molecule has 0 amide bonds. The fourth-order valence-corrected chi connectivity index (χ4v) is 3.79. The molecule has 0 spiro atoms. The van der Waals surface area contributed by atoms with Gasteiger partial charge in [0.2, 0.25) is 0 Å². The summed E-state index contributed by atoms with van der Waals surface area (Å²) in [6.45, 7) is 1.93. The first kappa shape index (κ1) is 42.6. The monoisotopic (exact) mass is 717 g/mol. The maximum atomic E-state index is 10.5. The Morgan fingerprint density at radius 1 is 0.867 bits per heavy atom. The third-order valence-corrected chi connectivity index (χ3v) is 5.74. The van der Waals surface area contributed by atoms with Crippen molar-refractivity contribution in [3.8, 4) is 0 Å². The van der Waals surface area contributed by atoms with Gasteiger partial charge >= 0.3 is 0 Å². The van der Waals surface area contributed by atoms with Gasteiger partial charge in [-0.1, -0.05) is 21.9 Å². The van der Waals surface area contributed by atoms with E-state index in [-0.39, 0.29) is 66.6 Å². The number of anilines is 1. The van der Waals surface area contributed by atoms with Gasteiger partial charge in [0.1, 0.15) is 0 Å². The largest absolute Gasteiger partial charge is 0.399 e. The number of aryl methyl sites for hydroxylation is 2. The number of aromatic nitrogens is 3. The molecule has 14 heteroatoms. The molecular formula is C31H44BFN6O5Pd-2. The molecule has 0 atom stereocenters. The van der Waals surface area contributed by atoms with Crippen LogP contribution in [0.3, 0.4) is 0 Å². The Morgan fingerprint density at radius 2 is 1.29 bits per heavy atom. The molecule has 0 unspecified atom stereocenters. The molecule has 0 radical (unpaired) electrons. The predicted octanol–water partition coefficient (Wildman–Crippen LogP) is 6.14. The second-order valence-electron chi connectivity index (χ2n) is 8.49. The summed E-state index contributed by atoms with van der Waals surface area (Å²) in [4.78, 5) is 23.0. The van der Waals surface area contributed by atoms with Gasteiger partial charge in [-0.05, 0) is 60.2 Å². The zero-order valence-corrected chi connectivity index (χ0v) is 25.8. The van der Waals surface area contributed by atoms with Crippen LogP contribution in [0, 0.1) is 27.7 Å². The van der Waals surface area contributed by atoms with Gasteiger partial charge in [0.05, 0.1) is 29.4 Å². The number of alkyl halides is 1. The molecule has 11 nitrogen and oxygen atoms in total. The van der Waals surface area contributed by atoms with Crippen LogP contribution in [-0.4, -0.2) is 51.2 Å². The first-order valence-electron chi connectivity index (χ1n) is 12.9. The second kappa shape index (κ2) is 22.1. The van der Waals surface area contributed by atoms with Crippen molar-refractivity contribution in [2.45, 2.75) is 14.4 Å². The number of non-ortho nitro benzene ring substituents is 2. The minimum atomic E-state index is -1.00. The molecule has 0 aliphatic rings. The molecule has 6 aromatic rings. The first-order chi connectivity index (χ1) is 20.1. The number of H-pyrrole nitrogens is 1. The van der Waals surface area contributed by atoms with Crippen molar-refractivity contribution in [1.29, 1.82) is 0 Å². The van der Waals surface area contributed by atoms with Crippen molar-refractivity contribution >= 4 is 58.2 Å². The quantitative estimate of drug-likeness (QED) is 0.0642. The van der Waals surface area contributed by atoms with Crippen molar-refractivity contribution in [2.24, 2.45) is 14.1 Å². The summed E-state index contributed by atoms with van der Waals surface area (Å²) < 4.78 is 19.4. The van der Waals surface area contributed by atoms with Gasteiger partial charge in [-0.3, -0.25) is 24.6 Å². The Bertz CT molecular complexity index is 1760. The number of rotatable bonds is 2. The Balaban J connectivity index is -0.000000534. The maximum Gasteiger partial charge on any atom is 0.271 e. The van der Waals surface area contributed by atoms with E-state index in [1.807, 2.05) is 61.4 Å². The molecule has 0 saturated carbocycles. The van der Waals surface area contributed by atoms with Gasteiger partial charge in [-0.15, -0.1) is 0 Å². The molecule has 0 fully saturated rings. The van der Waals surface area contributed by atoms with Crippen molar-refractivity contribution < 1.29 is 41.1 Å². The minimum absolute atomic E-state index is 0. The number of aliphatic hydroxyl groups is 1. The van der Waals surface area contributed by atoms with E-state index < -0.39 is 12.1 Å². The summed E-state index contributed by atoms with van der Waals surface area (Å²) in [6, 6.07) is 21.4. The van der Waals surface area contributed by atoms with Gasteiger partial charge in [-0.25, -0.2) is 0 Å². The van der Waals surface area contributed by atoms with Crippen LogP contribution in [0.2, 0.25) is 0 Å². The SMILES string of the molecule is C.CCO.Cn1ccc2ccc(N)cc21.Cn1ccc2ccc([N+](=O)[O-])cc21.O=[N+]([O-])c1ccc2cc[nH]c2c1.[2H]CF.[BH4-].[CH3-].[Pd]. The summed E-state index contributed by atoms with van der Waals surface area (Å²) in [6.07, 6.45) is 5.67. The number of fused-ring (bicyclic) bond motifs is 3. The van der Waals surface area contributed by atoms with Crippen molar-refractivity contribution in [2.75, 3.05) is 19.5 Å². The summed E-state index contributed by atoms with van der Waals surface area (Å²) in [7, 11) is 2.88. The van der Waals surface area contributed by atoms with Crippen molar-refractivity contribution in [3.63, 3.8) is 0 Å². The van der Waals surface area contributed by atoms with E-state index in [2.05, 4.69) is 15.6 Å². The Hall–Kier alpha value is -4.50. The second-order valence-corrected chi connectivity index (χ2v) is 8.49. The number of aromatic amines is 1. The van der Waals surface area contributed by atoms with Gasteiger partial charge < -0.3 is 32.4 Å². The number of nitrogens with one attached hydrogen (secondary N) is 1. The van der Waals surface area contributed by atoms with Gasteiger partial charge in [0.25, 0.3) is 11.4 Å². The number of aliphatic hydroxyl groups excluding tert-OH is 1. The number of nitro groups is 2. The van der Waals surface area contributed by atoms with E-state index >= 15 is 0 Å². The molecule has 250 valence electrons. The number of nitrogens with zero attached hydrogens (tertiary/aromatic N) is 4. The predicted molar refractivity (Wildman–Crippen MR) is 186 cm³/mol. The van der Waals surface area contributed by atoms with Gasteiger partial charge in [0, 0.05) is 101 Å². The molecule has 0 bridgehead atoms. The Labute approximate surface area is 279 Å². The van der Waals surface area contributed by atoms with E-state index in [0.717, 1.165) is 27.5 Å². The Morgan fingerprint density at radius 3 is 1.78 bits per heavy atom. The van der Waals surface area contributed by atoms with E-state index in [1.165, 1.54) is 29.1 Å². The number of hydrogen-bond acceptors (Lipinski definition) is 6. The van der Waals surface area contributed by atoms with Crippen molar-refractivity contribution in [1.82, 2.24) is 14.1 Å². The number of hydrogen-bond donors (Lipinski definition) is 3. The minimum Gasteiger partial charge on any atom is -0.399 e. The molecule has 3 heterocycles. The summed E-state index contributed by atoms with van der Waals surface area (Å²) in [5.41, 5.74) is 9.57. The van der Waals surface area contributed by atoms with Crippen molar-refractivity contribution in [3.05, 3.63) is 119 Å². The van der Waals surface area contributed by atoms with Crippen LogP contribution in [-0.2, 0) is 34.5 Å². The van der Waals surface area contributed by atoms with E-state index in [1.54, 1.807) is 31.3 Å². The Kier molecular flexibility index (Phi) is 20.9. The van der Waals surface area contributed by atoms with Crippen LogP contribution >= 0.6 is 0 Å². The smallest absolute Gasteiger partial charge is 0.271 e. The maximum absolute atomic E-state index is 10.5. The normalized spacial score (nSPS) is 9.22. The molecule has 45 heavy (non-hydrogen) atoms. The molecule has 3 aromatic heterocycles. The number of halogens is 1. The van der Waals surface area contributed by atoms with Crippen LogP contribution in [0.15, 0.2) is 91.4 Å². The van der Waals surface area contributed by atoms with Crippen LogP contribution in [0.1, 0.15) is 15.7 Å². The molecule has 0 aliphatic carbocycles. The summed E-state index contributed by atoms with van der Waals surface area (Å²) in [5.74, 6) is 0. The molecular weight excluding hydrogens is 673 g/mol. The standard InChI is InChI=1S/C9H8N2O2.C9H10N2.C8H6N2O2.C2H6O.CH3F.CH4.CH3.BH4.Pd/c1-10-5-4-7-2-3-8(11(12)13)6-9(7)10;1-11-5-4-7-2-3-8(10)6-9(7)11;11-10(12)7-2-1-6-3-4-9-8(6)5-7;1-2-3;1-2;;;;/h2-6H,1H3;2-6H,10H2,1H3;1-5,9H;3H,2H2,1H3;1H3;1H4;1H3;1H4;/q;;;;;;2*-1;/i;;;;1D;;;;. The zero-order chi connectivity index (χ0) is 31.2. The molecule has 0 aliphatic heterocycles. The molecule has 3 aromatic carbocycles. The van der Waals surface area contributed by atoms with E-state index in [4.69, 9.17) is 12.2 Å². The summed E-state index contributed by atoms with van der Waals surface area (Å²) in [5, 5.41) is 31.6. The molecule has 4 N–H and O–H groups in total. The van der Waals surface area contributed by atoms with Crippen LogP contribution in [0.5, 0.6) is 0 Å². The molecule has 6 rings (SSSR count). The third-order valence-electron chi connectivity index (χ3n) is 5.74. The first-order valence-corrected chi connectivity index (χ1v) is 12.2. The van der Waals surface area contributed by atoms with Gasteiger partial charge in [0.15, 0.2) is 0 Å². The van der Waals surface area contributed by atoms with Crippen LogP contribution in [0.25, 0.3) is 32.7 Å². The average molecular weight is 718 g/mol. The average Bonchev–Trinajstić information content (AvgIpc) is 3.68. The number of benzene rings is 3. The van der Waals surface area contributed by atoms with E-state index in [9.17, 15) is 24.6 Å². The third kappa shape index (κ3) is 12.6. The number of nitrogens with two attached hydrogens (primary N) is 1. The zero-order valence-electron chi connectivity index (χ0n) is 25.2. The summed E-state index contributed by atoms with van der Waals surface area (Å²) >= 11 is 0. The number of nitro benzene ring substituents is 2. The topological polar surface area (TPSA) is 158 Å². The fraction of sp³-hybridized carbons (Fsp3) is 0.194. The van der Waals surface area contributed by atoms with Crippen LogP contribution < -0.4 is 5.73 Å². The fourth-order valence-electron chi connectivity index (χ4n) is 3.79. The van der Waals surface area contributed by atoms with Crippen LogP contribution in [0.4, 0.5) is 21.5 Å². The van der Waals surface area contributed by atoms with E-state index in [0.29, 0.717) is 0 Å². The molecule has 0 saturated heterocycles. The van der Waals surface area contributed by atoms with Gasteiger partial charge in [-0.2, -0.15) is 0 Å². The number of nitrogen functional groups attached to an aromatic ring is 1.